The minimum atomic E-state index is -1.31. The molecule has 248 valence electrons. The number of imidazole rings is 1. The number of esters is 2. The SMILES string of the molecule is COC(=O)c1nc(NCC(c2ccccc2)c2ccccc2)c2ncn([C@@H]3C[C@H](NC(=O)CCC(=O)OC(C)(C)C)[C@@H](O)[C@H]3O)c2n1. The summed E-state index contributed by atoms with van der Waals surface area (Å²) < 4.78 is 11.7. The summed E-state index contributed by atoms with van der Waals surface area (Å²) in [7, 11) is 1.23. The molecule has 2 aromatic heterocycles. The van der Waals surface area contributed by atoms with E-state index in [0.29, 0.717) is 17.9 Å². The molecule has 1 aliphatic rings. The van der Waals surface area contributed by atoms with Gasteiger partial charge in [0.05, 0.1) is 31.9 Å². The lowest BCUT2D eigenvalue weighted by Gasteiger charge is -2.20. The fourth-order valence-corrected chi connectivity index (χ4v) is 5.78. The lowest BCUT2D eigenvalue weighted by molar-refractivity contribution is -0.155. The van der Waals surface area contributed by atoms with Gasteiger partial charge < -0.3 is 34.9 Å². The van der Waals surface area contributed by atoms with Crippen LogP contribution in [0.25, 0.3) is 11.2 Å². The van der Waals surface area contributed by atoms with Crippen LogP contribution in [0.15, 0.2) is 67.0 Å². The molecule has 0 saturated heterocycles. The third-order valence-corrected chi connectivity index (χ3v) is 8.00. The second kappa shape index (κ2) is 14.3. The first-order chi connectivity index (χ1) is 22.4. The number of hydrogen-bond donors (Lipinski definition) is 4. The molecule has 0 bridgehead atoms. The maximum atomic E-state index is 12.6. The number of aliphatic hydroxyl groups is 2. The van der Waals surface area contributed by atoms with Gasteiger partial charge in [-0.05, 0) is 38.3 Å². The molecule has 2 aromatic carbocycles. The summed E-state index contributed by atoms with van der Waals surface area (Å²) in [5.41, 5.74) is 2.09. The third kappa shape index (κ3) is 7.92. The Morgan fingerprint density at radius 3 is 2.19 bits per heavy atom. The Hall–Kier alpha value is -4.88. The van der Waals surface area contributed by atoms with E-state index in [-0.39, 0.29) is 36.7 Å². The minimum Gasteiger partial charge on any atom is -0.463 e. The predicted octanol–water partition coefficient (Wildman–Crippen LogP) is 3.13. The van der Waals surface area contributed by atoms with Gasteiger partial charge in [-0.1, -0.05) is 60.7 Å². The molecule has 1 amide bonds. The van der Waals surface area contributed by atoms with Gasteiger partial charge in [0.1, 0.15) is 23.3 Å². The zero-order valence-electron chi connectivity index (χ0n) is 26.8. The Morgan fingerprint density at radius 1 is 0.957 bits per heavy atom. The van der Waals surface area contributed by atoms with Gasteiger partial charge in [-0.3, -0.25) is 9.59 Å². The van der Waals surface area contributed by atoms with Crippen LogP contribution in [-0.2, 0) is 19.1 Å². The Labute approximate surface area is 272 Å². The maximum absolute atomic E-state index is 12.6. The van der Waals surface area contributed by atoms with Gasteiger partial charge in [-0.15, -0.1) is 0 Å². The largest absolute Gasteiger partial charge is 0.463 e. The smallest absolute Gasteiger partial charge is 0.376 e. The van der Waals surface area contributed by atoms with Gasteiger partial charge in [0.2, 0.25) is 11.7 Å². The fraction of sp³-hybridized carbons (Fsp3) is 0.412. The number of methoxy groups -OCH3 is 1. The lowest BCUT2D eigenvalue weighted by Crippen LogP contribution is -2.43. The summed E-state index contributed by atoms with van der Waals surface area (Å²) in [5, 5.41) is 28.0. The van der Waals surface area contributed by atoms with Gasteiger partial charge in [-0.2, -0.15) is 0 Å². The van der Waals surface area contributed by atoms with E-state index in [1.54, 1.807) is 25.3 Å². The summed E-state index contributed by atoms with van der Waals surface area (Å²) in [6.45, 7) is 5.64. The highest BCUT2D eigenvalue weighted by Gasteiger charge is 2.44. The summed E-state index contributed by atoms with van der Waals surface area (Å²) in [6, 6.07) is 18.4. The second-order valence-corrected chi connectivity index (χ2v) is 12.5. The Bertz CT molecular complexity index is 1670. The number of benzene rings is 2. The number of rotatable bonds is 11. The molecule has 0 unspecified atom stereocenters. The first kappa shape index (κ1) is 33.5. The molecule has 1 fully saturated rings. The fourth-order valence-electron chi connectivity index (χ4n) is 5.78. The predicted molar refractivity (Wildman–Crippen MR) is 173 cm³/mol. The van der Waals surface area contributed by atoms with Gasteiger partial charge in [0.15, 0.2) is 11.5 Å². The quantitative estimate of drug-likeness (QED) is 0.176. The van der Waals surface area contributed by atoms with Crippen LogP contribution < -0.4 is 10.6 Å². The maximum Gasteiger partial charge on any atom is 0.376 e. The molecule has 0 radical (unpaired) electrons. The van der Waals surface area contributed by atoms with Crippen molar-refractivity contribution < 1.29 is 34.1 Å². The van der Waals surface area contributed by atoms with Crippen molar-refractivity contribution in [2.45, 2.75) is 75.8 Å². The summed E-state index contributed by atoms with van der Waals surface area (Å²) >= 11 is 0. The molecule has 2 heterocycles. The van der Waals surface area contributed by atoms with Crippen LogP contribution in [0.3, 0.4) is 0 Å². The van der Waals surface area contributed by atoms with Crippen LogP contribution in [0.4, 0.5) is 5.82 Å². The van der Waals surface area contributed by atoms with Crippen molar-refractivity contribution in [3.05, 3.63) is 83.9 Å². The number of ether oxygens (including phenoxy) is 2. The van der Waals surface area contributed by atoms with E-state index >= 15 is 0 Å². The molecule has 5 rings (SSSR count). The standard InChI is InChI=1S/C34H40N6O7/c1-34(2,3)47-26(42)16-15-25(41)37-23-17-24(29(44)28(23)43)40-19-36-27-30(38-31(33(45)46-4)39-32(27)40)35-18-22(20-11-7-5-8-12-20)21-13-9-6-10-14-21/h5-14,19,22-24,28-29,43-44H,15-18H2,1-4H3,(H,37,41)(H,35,38,39)/t23-,24+,28+,29-/m0/s1. The number of aromatic nitrogens is 4. The number of hydrogen-bond acceptors (Lipinski definition) is 11. The highest BCUT2D eigenvalue weighted by atomic mass is 16.6. The van der Waals surface area contributed by atoms with Crippen molar-refractivity contribution in [2.24, 2.45) is 0 Å². The first-order valence-electron chi connectivity index (χ1n) is 15.5. The van der Waals surface area contributed by atoms with Crippen LogP contribution in [0, 0.1) is 0 Å². The molecule has 4 N–H and O–H groups in total. The molecule has 0 spiro atoms. The number of amides is 1. The number of carbonyl (C=O) groups excluding carboxylic acids is 3. The number of nitrogens with zero attached hydrogens (tertiary/aromatic N) is 4. The number of nitrogens with one attached hydrogen (secondary N) is 2. The number of fused-ring (bicyclic) bond motifs is 1. The molecule has 4 aromatic rings. The molecule has 0 aliphatic heterocycles. The third-order valence-electron chi connectivity index (χ3n) is 8.00. The van der Waals surface area contributed by atoms with Crippen LogP contribution in [0.5, 0.6) is 0 Å². The average Bonchev–Trinajstić information content (AvgIpc) is 3.60. The van der Waals surface area contributed by atoms with Gasteiger partial charge in [-0.25, -0.2) is 19.7 Å². The van der Waals surface area contributed by atoms with Crippen molar-refractivity contribution in [3.63, 3.8) is 0 Å². The van der Waals surface area contributed by atoms with Crippen LogP contribution in [0.2, 0.25) is 0 Å². The highest BCUT2D eigenvalue weighted by Crippen LogP contribution is 2.34. The van der Waals surface area contributed by atoms with Crippen molar-refractivity contribution in [1.29, 1.82) is 0 Å². The van der Waals surface area contributed by atoms with E-state index in [4.69, 9.17) is 9.47 Å². The monoisotopic (exact) mass is 644 g/mol. The van der Waals surface area contributed by atoms with E-state index < -0.39 is 47.7 Å². The molecule has 47 heavy (non-hydrogen) atoms. The van der Waals surface area contributed by atoms with Gasteiger partial charge in [0.25, 0.3) is 0 Å². The van der Waals surface area contributed by atoms with Crippen LogP contribution >= 0.6 is 0 Å². The van der Waals surface area contributed by atoms with Crippen molar-refractivity contribution >= 4 is 34.8 Å². The summed E-state index contributed by atoms with van der Waals surface area (Å²) in [4.78, 5) is 50.7. The van der Waals surface area contributed by atoms with E-state index in [1.165, 1.54) is 13.4 Å². The normalized spacial score (nSPS) is 19.5. The molecule has 4 atom stereocenters. The van der Waals surface area contributed by atoms with Crippen LogP contribution in [-0.4, -0.2) is 85.1 Å². The van der Waals surface area contributed by atoms with E-state index in [0.717, 1.165) is 11.1 Å². The molecule has 1 saturated carbocycles. The number of aliphatic hydroxyl groups excluding tert-OH is 2. The van der Waals surface area contributed by atoms with Crippen molar-refractivity contribution in [3.8, 4) is 0 Å². The summed E-state index contributed by atoms with van der Waals surface area (Å²) in [6.07, 6.45) is -1.26. The van der Waals surface area contributed by atoms with Crippen LogP contribution in [0.1, 0.15) is 73.7 Å². The molecular formula is C34H40N6O7. The highest BCUT2D eigenvalue weighted by molar-refractivity contribution is 5.91. The second-order valence-electron chi connectivity index (χ2n) is 12.5. The first-order valence-corrected chi connectivity index (χ1v) is 15.5. The van der Waals surface area contributed by atoms with E-state index in [1.807, 2.05) is 60.7 Å². The molecule has 13 heteroatoms. The van der Waals surface area contributed by atoms with Crippen molar-refractivity contribution in [2.75, 3.05) is 19.0 Å². The molecule has 1 aliphatic carbocycles. The van der Waals surface area contributed by atoms with Crippen molar-refractivity contribution in [1.82, 2.24) is 24.8 Å². The van der Waals surface area contributed by atoms with E-state index in [2.05, 4.69) is 25.6 Å². The van der Waals surface area contributed by atoms with Gasteiger partial charge in [0, 0.05) is 18.9 Å². The Kier molecular flexibility index (Phi) is 10.2. The molecular weight excluding hydrogens is 604 g/mol. The Morgan fingerprint density at radius 2 is 1.60 bits per heavy atom. The van der Waals surface area contributed by atoms with E-state index in [9.17, 15) is 24.6 Å². The zero-order valence-corrected chi connectivity index (χ0v) is 26.8. The lowest BCUT2D eigenvalue weighted by atomic mass is 9.91. The Balaban J connectivity index is 1.38. The number of anilines is 1. The topological polar surface area (TPSA) is 178 Å². The average molecular weight is 645 g/mol. The summed E-state index contributed by atoms with van der Waals surface area (Å²) in [5.74, 6) is -1.69. The van der Waals surface area contributed by atoms with Gasteiger partial charge >= 0.3 is 11.9 Å². The number of carbonyl (C=O) groups is 3. The minimum absolute atomic E-state index is 0.0578. The molecule has 13 nitrogen and oxygen atoms in total. The zero-order chi connectivity index (χ0) is 33.7.